The zero-order valence-electron chi connectivity index (χ0n) is 10.0. The van der Waals surface area contributed by atoms with Gasteiger partial charge in [0.25, 0.3) is 0 Å². The van der Waals surface area contributed by atoms with Crippen LogP contribution in [0.5, 0.6) is 0 Å². The first-order chi connectivity index (χ1) is 8.55. The van der Waals surface area contributed by atoms with E-state index in [1.807, 2.05) is 0 Å². The van der Waals surface area contributed by atoms with Gasteiger partial charge in [0, 0.05) is 25.9 Å². The van der Waals surface area contributed by atoms with Crippen LogP contribution in [-0.4, -0.2) is 44.0 Å². The van der Waals surface area contributed by atoms with E-state index in [1.165, 1.54) is 22.6 Å². The normalized spacial score (nSPS) is 16.2. The number of rotatable bonds is 6. The molecule has 1 fully saturated rings. The number of methoxy groups -OCH3 is 1. The van der Waals surface area contributed by atoms with Gasteiger partial charge in [-0.25, -0.2) is 13.4 Å². The fourth-order valence-electron chi connectivity index (χ4n) is 1.69. The largest absolute Gasteiger partial charge is 0.383 e. The van der Waals surface area contributed by atoms with Gasteiger partial charge in [-0.2, -0.15) is 4.31 Å². The number of nitrogens with zero attached hydrogens (tertiary/aromatic N) is 2. The van der Waals surface area contributed by atoms with Crippen molar-refractivity contribution in [2.24, 2.45) is 0 Å². The molecule has 1 aliphatic rings. The van der Waals surface area contributed by atoms with Gasteiger partial charge in [-0.1, -0.05) is 11.6 Å². The SMILES string of the molecule is COCCN(C1CC1)S(=O)(=O)c1ccc(Cl)nc1. The van der Waals surface area contributed by atoms with E-state index in [1.54, 1.807) is 7.11 Å². The highest BCUT2D eigenvalue weighted by Gasteiger charge is 2.37. The van der Waals surface area contributed by atoms with Crippen LogP contribution in [0.2, 0.25) is 5.15 Å². The Morgan fingerprint density at radius 3 is 2.72 bits per heavy atom. The van der Waals surface area contributed by atoms with Gasteiger partial charge in [-0.3, -0.25) is 0 Å². The lowest BCUT2D eigenvalue weighted by atomic mass is 10.5. The van der Waals surface area contributed by atoms with Crippen LogP contribution < -0.4 is 0 Å². The molecule has 0 aromatic carbocycles. The third kappa shape index (κ3) is 3.00. The second-order valence-corrected chi connectivity index (χ2v) is 6.43. The topological polar surface area (TPSA) is 59.5 Å². The van der Waals surface area contributed by atoms with Crippen molar-refractivity contribution in [2.75, 3.05) is 20.3 Å². The maximum Gasteiger partial charge on any atom is 0.244 e. The van der Waals surface area contributed by atoms with Crippen molar-refractivity contribution in [3.63, 3.8) is 0 Å². The summed E-state index contributed by atoms with van der Waals surface area (Å²) in [6.07, 6.45) is 3.10. The Morgan fingerprint density at radius 2 is 2.22 bits per heavy atom. The number of aromatic nitrogens is 1. The van der Waals surface area contributed by atoms with Gasteiger partial charge in [-0.05, 0) is 25.0 Å². The molecule has 2 rings (SSSR count). The van der Waals surface area contributed by atoms with Crippen LogP contribution in [-0.2, 0) is 14.8 Å². The van der Waals surface area contributed by atoms with Crippen molar-refractivity contribution < 1.29 is 13.2 Å². The maximum absolute atomic E-state index is 12.4. The molecule has 5 nitrogen and oxygen atoms in total. The molecule has 0 bridgehead atoms. The van der Waals surface area contributed by atoms with Gasteiger partial charge < -0.3 is 4.74 Å². The second kappa shape index (κ2) is 5.52. The first kappa shape index (κ1) is 13.7. The number of halogens is 1. The Balaban J connectivity index is 2.24. The summed E-state index contributed by atoms with van der Waals surface area (Å²) in [5.41, 5.74) is 0. The maximum atomic E-state index is 12.4. The molecule has 0 saturated heterocycles. The van der Waals surface area contributed by atoms with Crippen LogP contribution in [0.3, 0.4) is 0 Å². The van der Waals surface area contributed by atoms with Gasteiger partial charge in [0.1, 0.15) is 10.0 Å². The Labute approximate surface area is 112 Å². The molecule has 0 unspecified atom stereocenters. The standard InChI is InChI=1S/C11H15ClN2O3S/c1-17-7-6-14(9-2-3-9)18(15,16)10-4-5-11(12)13-8-10/h4-5,8-9H,2-3,6-7H2,1H3. The van der Waals surface area contributed by atoms with Crippen molar-refractivity contribution in [1.82, 2.24) is 9.29 Å². The highest BCUT2D eigenvalue weighted by Crippen LogP contribution is 2.31. The predicted molar refractivity (Wildman–Crippen MR) is 68.0 cm³/mol. The van der Waals surface area contributed by atoms with Crippen molar-refractivity contribution in [1.29, 1.82) is 0 Å². The third-order valence-electron chi connectivity index (χ3n) is 2.78. The van der Waals surface area contributed by atoms with E-state index in [0.29, 0.717) is 13.2 Å². The quantitative estimate of drug-likeness (QED) is 0.746. The molecule has 0 atom stereocenters. The average molecular weight is 291 g/mol. The van der Waals surface area contributed by atoms with Crippen LogP contribution in [0.15, 0.2) is 23.2 Å². The number of pyridine rings is 1. The zero-order valence-corrected chi connectivity index (χ0v) is 11.6. The lowest BCUT2D eigenvalue weighted by molar-refractivity contribution is 0.177. The molecule has 1 aliphatic carbocycles. The Kier molecular flexibility index (Phi) is 4.21. The van der Waals surface area contributed by atoms with Crippen molar-refractivity contribution >= 4 is 21.6 Å². The lowest BCUT2D eigenvalue weighted by Gasteiger charge is -2.21. The third-order valence-corrected chi connectivity index (χ3v) is 4.94. The highest BCUT2D eigenvalue weighted by atomic mass is 35.5. The summed E-state index contributed by atoms with van der Waals surface area (Å²) in [7, 11) is -1.94. The van der Waals surface area contributed by atoms with Gasteiger partial charge in [0.2, 0.25) is 10.0 Å². The summed E-state index contributed by atoms with van der Waals surface area (Å²) in [5, 5.41) is 0.281. The Morgan fingerprint density at radius 1 is 1.50 bits per heavy atom. The minimum Gasteiger partial charge on any atom is -0.383 e. The molecular weight excluding hydrogens is 276 g/mol. The molecule has 0 amide bonds. The van der Waals surface area contributed by atoms with E-state index in [2.05, 4.69) is 4.98 Å². The molecule has 18 heavy (non-hydrogen) atoms. The van der Waals surface area contributed by atoms with Crippen LogP contribution in [0.1, 0.15) is 12.8 Å². The molecule has 1 saturated carbocycles. The summed E-state index contributed by atoms with van der Waals surface area (Å²) in [6.45, 7) is 0.753. The summed E-state index contributed by atoms with van der Waals surface area (Å²) in [6, 6.07) is 3.06. The van der Waals surface area contributed by atoms with Gasteiger partial charge in [0.15, 0.2) is 0 Å². The zero-order chi connectivity index (χ0) is 13.2. The molecule has 0 N–H and O–H groups in total. The first-order valence-corrected chi connectivity index (χ1v) is 7.50. The second-order valence-electron chi connectivity index (χ2n) is 4.16. The lowest BCUT2D eigenvalue weighted by Crippen LogP contribution is -2.35. The highest BCUT2D eigenvalue weighted by molar-refractivity contribution is 7.89. The molecule has 1 aromatic rings. The molecule has 0 aliphatic heterocycles. The minimum atomic E-state index is -3.49. The van der Waals surface area contributed by atoms with Crippen LogP contribution in [0.25, 0.3) is 0 Å². The first-order valence-electron chi connectivity index (χ1n) is 5.68. The molecule has 0 spiro atoms. The molecule has 7 heteroatoms. The van der Waals surface area contributed by atoms with Gasteiger partial charge >= 0.3 is 0 Å². The summed E-state index contributed by atoms with van der Waals surface area (Å²) >= 11 is 5.66. The number of ether oxygens (including phenoxy) is 1. The molecule has 0 radical (unpaired) electrons. The van der Waals surface area contributed by atoms with Crippen molar-refractivity contribution in [3.05, 3.63) is 23.5 Å². The van der Waals surface area contributed by atoms with Gasteiger partial charge in [0.05, 0.1) is 6.61 Å². The fraction of sp³-hybridized carbons (Fsp3) is 0.545. The minimum absolute atomic E-state index is 0.0980. The van der Waals surface area contributed by atoms with E-state index in [9.17, 15) is 8.42 Å². The van der Waals surface area contributed by atoms with E-state index in [0.717, 1.165) is 12.8 Å². The Hall–Kier alpha value is -0.690. The van der Waals surface area contributed by atoms with Crippen molar-refractivity contribution in [3.8, 4) is 0 Å². The van der Waals surface area contributed by atoms with E-state index in [4.69, 9.17) is 16.3 Å². The summed E-state index contributed by atoms with van der Waals surface area (Å²) < 4.78 is 31.3. The van der Waals surface area contributed by atoms with Crippen LogP contribution in [0, 0.1) is 0 Å². The monoisotopic (exact) mass is 290 g/mol. The van der Waals surface area contributed by atoms with E-state index in [-0.39, 0.29) is 16.1 Å². The van der Waals surface area contributed by atoms with Crippen molar-refractivity contribution in [2.45, 2.75) is 23.8 Å². The number of hydrogen-bond acceptors (Lipinski definition) is 4. The van der Waals surface area contributed by atoms with E-state index < -0.39 is 10.0 Å². The van der Waals surface area contributed by atoms with Crippen LogP contribution >= 0.6 is 11.6 Å². The average Bonchev–Trinajstić information content (AvgIpc) is 3.14. The predicted octanol–water partition coefficient (Wildman–Crippen LogP) is 1.53. The summed E-state index contributed by atoms with van der Waals surface area (Å²) in [5.74, 6) is 0. The van der Waals surface area contributed by atoms with Gasteiger partial charge in [-0.15, -0.1) is 0 Å². The summed E-state index contributed by atoms with van der Waals surface area (Å²) in [4.78, 5) is 3.99. The molecule has 100 valence electrons. The number of hydrogen-bond donors (Lipinski definition) is 0. The molecule has 1 heterocycles. The number of sulfonamides is 1. The Bertz CT molecular complexity index is 500. The van der Waals surface area contributed by atoms with Crippen LogP contribution in [0.4, 0.5) is 0 Å². The fourth-order valence-corrected chi connectivity index (χ4v) is 3.42. The smallest absolute Gasteiger partial charge is 0.244 e. The molecular formula is C11H15ClN2O3S. The molecule has 1 aromatic heterocycles. The van der Waals surface area contributed by atoms with E-state index >= 15 is 0 Å².